The quantitative estimate of drug-likeness (QED) is 0.519. The smallest absolute Gasteiger partial charge is 0.251 e. The molecule has 0 unspecified atom stereocenters. The third-order valence-electron chi connectivity index (χ3n) is 4.24. The van der Waals surface area contributed by atoms with E-state index in [1.165, 1.54) is 30.6 Å². The van der Waals surface area contributed by atoms with Crippen molar-refractivity contribution in [2.24, 2.45) is 5.14 Å². The molecule has 0 bridgehead atoms. The average molecular weight is 448 g/mol. The molecule has 0 aliphatic carbocycles. The predicted molar refractivity (Wildman–Crippen MR) is 113 cm³/mol. The fourth-order valence-electron chi connectivity index (χ4n) is 2.66. The van der Waals surface area contributed by atoms with Gasteiger partial charge in [0.05, 0.1) is 23.2 Å². The van der Waals surface area contributed by atoms with Crippen LogP contribution < -0.4 is 19.9 Å². The van der Waals surface area contributed by atoms with Crippen molar-refractivity contribution in [2.45, 2.75) is 17.9 Å². The number of hydrogen-bond donors (Lipinski definition) is 2. The molecule has 1 amide bonds. The van der Waals surface area contributed by atoms with Crippen molar-refractivity contribution in [1.29, 1.82) is 0 Å². The molecule has 0 atom stereocenters. The van der Waals surface area contributed by atoms with Gasteiger partial charge in [0.25, 0.3) is 5.91 Å². The van der Waals surface area contributed by atoms with Crippen LogP contribution in [-0.2, 0) is 23.1 Å². The Labute approximate surface area is 178 Å². The summed E-state index contributed by atoms with van der Waals surface area (Å²) in [6.07, 6.45) is 0.544. The first-order chi connectivity index (χ1) is 14.4. The maximum absolute atomic E-state index is 12.4. The summed E-state index contributed by atoms with van der Waals surface area (Å²) < 4.78 is 33.6. The van der Waals surface area contributed by atoms with E-state index in [-0.39, 0.29) is 10.8 Å². The number of nitrogens with zero attached hydrogens (tertiary/aromatic N) is 1. The Kier molecular flexibility index (Phi) is 7.03. The Morgan fingerprint density at radius 1 is 1.17 bits per heavy atom. The minimum atomic E-state index is -3.71. The molecule has 0 radical (unpaired) electrons. The van der Waals surface area contributed by atoms with Crippen LogP contribution in [0.5, 0.6) is 11.5 Å². The zero-order chi connectivity index (χ0) is 21.6. The number of ether oxygens (including phenoxy) is 2. The SMILES string of the molecule is COc1cc(C(=O)NCCc2ccc(S(N)(=O)=O)cc2)ccc1OCc1cscn1. The van der Waals surface area contributed by atoms with Crippen molar-refractivity contribution in [1.82, 2.24) is 10.3 Å². The normalized spacial score (nSPS) is 11.1. The topological polar surface area (TPSA) is 121 Å². The minimum Gasteiger partial charge on any atom is -0.493 e. The van der Waals surface area contributed by atoms with Crippen molar-refractivity contribution in [3.63, 3.8) is 0 Å². The van der Waals surface area contributed by atoms with Gasteiger partial charge in [-0.3, -0.25) is 4.79 Å². The van der Waals surface area contributed by atoms with Gasteiger partial charge >= 0.3 is 0 Å². The van der Waals surface area contributed by atoms with E-state index in [4.69, 9.17) is 14.6 Å². The monoisotopic (exact) mass is 447 g/mol. The van der Waals surface area contributed by atoms with Crippen molar-refractivity contribution in [2.75, 3.05) is 13.7 Å². The van der Waals surface area contributed by atoms with Crippen LogP contribution >= 0.6 is 11.3 Å². The number of thiazole rings is 1. The first-order valence-electron chi connectivity index (χ1n) is 8.94. The Bertz CT molecular complexity index is 1100. The van der Waals surface area contributed by atoms with E-state index in [1.807, 2.05) is 5.38 Å². The number of carbonyl (C=O) groups is 1. The second-order valence-electron chi connectivity index (χ2n) is 6.33. The molecule has 158 valence electrons. The molecule has 3 aromatic rings. The van der Waals surface area contributed by atoms with E-state index in [1.54, 1.807) is 35.8 Å². The lowest BCUT2D eigenvalue weighted by atomic mass is 10.1. The number of sulfonamides is 1. The van der Waals surface area contributed by atoms with Gasteiger partial charge < -0.3 is 14.8 Å². The van der Waals surface area contributed by atoms with E-state index in [0.717, 1.165) is 11.3 Å². The molecule has 0 fully saturated rings. The summed E-state index contributed by atoms with van der Waals surface area (Å²) in [5.74, 6) is 0.731. The van der Waals surface area contributed by atoms with Crippen LogP contribution in [0.3, 0.4) is 0 Å². The third-order valence-corrected chi connectivity index (χ3v) is 5.80. The van der Waals surface area contributed by atoms with Crippen LogP contribution in [0.4, 0.5) is 0 Å². The van der Waals surface area contributed by atoms with Gasteiger partial charge in [0, 0.05) is 17.5 Å². The molecule has 0 spiro atoms. The highest BCUT2D eigenvalue weighted by molar-refractivity contribution is 7.89. The van der Waals surface area contributed by atoms with Crippen LogP contribution in [0, 0.1) is 0 Å². The summed E-state index contributed by atoms with van der Waals surface area (Å²) in [6.45, 7) is 0.702. The van der Waals surface area contributed by atoms with Gasteiger partial charge in [-0.1, -0.05) is 12.1 Å². The van der Waals surface area contributed by atoms with Gasteiger partial charge in [0.1, 0.15) is 6.61 Å². The van der Waals surface area contributed by atoms with Crippen molar-refractivity contribution in [3.05, 3.63) is 70.2 Å². The Balaban J connectivity index is 1.55. The highest BCUT2D eigenvalue weighted by Crippen LogP contribution is 2.28. The largest absolute Gasteiger partial charge is 0.493 e. The molecular weight excluding hydrogens is 426 g/mol. The third kappa shape index (κ3) is 5.78. The summed E-state index contributed by atoms with van der Waals surface area (Å²) in [6, 6.07) is 11.2. The molecule has 0 saturated carbocycles. The second kappa shape index (κ2) is 9.70. The molecule has 10 heteroatoms. The number of carbonyl (C=O) groups excluding carboxylic acids is 1. The van der Waals surface area contributed by atoms with E-state index in [9.17, 15) is 13.2 Å². The second-order valence-corrected chi connectivity index (χ2v) is 8.61. The number of primary sulfonamides is 1. The van der Waals surface area contributed by atoms with Crippen LogP contribution in [0.25, 0.3) is 0 Å². The fourth-order valence-corrected chi connectivity index (χ4v) is 3.72. The molecule has 3 rings (SSSR count). The lowest BCUT2D eigenvalue weighted by molar-refractivity contribution is 0.0953. The molecule has 0 aliphatic heterocycles. The van der Waals surface area contributed by atoms with Crippen LogP contribution in [0.15, 0.2) is 58.3 Å². The summed E-state index contributed by atoms with van der Waals surface area (Å²) in [7, 11) is -2.20. The number of benzene rings is 2. The van der Waals surface area contributed by atoms with E-state index < -0.39 is 10.0 Å². The average Bonchev–Trinajstić information content (AvgIpc) is 3.25. The zero-order valence-corrected chi connectivity index (χ0v) is 17.8. The molecule has 2 aromatic carbocycles. The van der Waals surface area contributed by atoms with Gasteiger partial charge in [-0.15, -0.1) is 11.3 Å². The number of rotatable bonds is 9. The van der Waals surface area contributed by atoms with Gasteiger partial charge in [0.15, 0.2) is 11.5 Å². The summed E-state index contributed by atoms with van der Waals surface area (Å²) in [5.41, 5.74) is 3.88. The summed E-state index contributed by atoms with van der Waals surface area (Å²) >= 11 is 1.49. The number of aromatic nitrogens is 1. The molecule has 30 heavy (non-hydrogen) atoms. The maximum Gasteiger partial charge on any atom is 0.251 e. The van der Waals surface area contributed by atoms with E-state index >= 15 is 0 Å². The number of nitrogens with one attached hydrogen (secondary N) is 1. The van der Waals surface area contributed by atoms with Gasteiger partial charge in [-0.2, -0.15) is 0 Å². The first-order valence-corrected chi connectivity index (χ1v) is 11.4. The molecule has 0 saturated heterocycles. The molecule has 0 aliphatic rings. The Morgan fingerprint density at radius 2 is 1.93 bits per heavy atom. The fraction of sp³-hybridized carbons (Fsp3) is 0.200. The zero-order valence-electron chi connectivity index (χ0n) is 16.2. The molecule has 8 nitrogen and oxygen atoms in total. The number of amides is 1. The molecule has 1 heterocycles. The Hall–Kier alpha value is -2.95. The van der Waals surface area contributed by atoms with Crippen LogP contribution in [0.2, 0.25) is 0 Å². The first kappa shape index (κ1) is 21.8. The van der Waals surface area contributed by atoms with Gasteiger partial charge in [-0.05, 0) is 42.3 Å². The van der Waals surface area contributed by atoms with Gasteiger partial charge in [0.2, 0.25) is 10.0 Å². The highest BCUT2D eigenvalue weighted by atomic mass is 32.2. The van der Waals surface area contributed by atoms with E-state index in [0.29, 0.717) is 36.6 Å². The van der Waals surface area contributed by atoms with Crippen molar-refractivity contribution < 1.29 is 22.7 Å². The lowest BCUT2D eigenvalue weighted by Gasteiger charge is -2.12. The van der Waals surface area contributed by atoms with Crippen LogP contribution in [-0.4, -0.2) is 33.0 Å². The minimum absolute atomic E-state index is 0.0551. The van der Waals surface area contributed by atoms with E-state index in [2.05, 4.69) is 10.3 Å². The van der Waals surface area contributed by atoms with Gasteiger partial charge in [-0.25, -0.2) is 18.5 Å². The lowest BCUT2D eigenvalue weighted by Crippen LogP contribution is -2.25. The number of hydrogen-bond acceptors (Lipinski definition) is 7. The molecule has 3 N–H and O–H groups in total. The maximum atomic E-state index is 12.4. The summed E-state index contributed by atoms with van der Waals surface area (Å²) in [4.78, 5) is 16.6. The molecular formula is C20H21N3O5S2. The van der Waals surface area contributed by atoms with Crippen molar-refractivity contribution >= 4 is 27.3 Å². The number of nitrogens with two attached hydrogens (primary N) is 1. The number of methoxy groups -OCH3 is 1. The predicted octanol–water partition coefficient (Wildman–Crippen LogP) is 2.35. The highest BCUT2D eigenvalue weighted by Gasteiger charge is 2.12. The van der Waals surface area contributed by atoms with Crippen LogP contribution in [0.1, 0.15) is 21.6 Å². The summed E-state index contributed by atoms with van der Waals surface area (Å²) in [5, 5.41) is 9.81. The van der Waals surface area contributed by atoms with Crippen molar-refractivity contribution in [3.8, 4) is 11.5 Å². The Morgan fingerprint density at radius 3 is 2.57 bits per heavy atom. The molecule has 1 aromatic heterocycles. The standard InChI is InChI=1S/C20H21N3O5S2/c1-27-19-10-15(4-7-18(19)28-11-16-12-29-13-23-16)20(24)22-9-8-14-2-5-17(6-3-14)30(21,25)26/h2-7,10,12-13H,8-9,11H2,1H3,(H,22,24)(H2,21,25,26).